The number of ether oxygens (including phenoxy) is 1. The maximum absolute atomic E-state index is 5.04. The third-order valence-corrected chi connectivity index (χ3v) is 2.84. The first-order valence-corrected chi connectivity index (χ1v) is 5.85. The highest BCUT2D eigenvalue weighted by atomic mass is 16.5. The molecular formula is C13H14N4O. The van der Waals surface area contributed by atoms with Crippen LogP contribution in [-0.4, -0.2) is 34.9 Å². The summed E-state index contributed by atoms with van der Waals surface area (Å²) in [7, 11) is 1.69. The summed E-state index contributed by atoms with van der Waals surface area (Å²) in [5.74, 6) is 0.871. The molecule has 5 heteroatoms. The van der Waals surface area contributed by atoms with Gasteiger partial charge in [0.15, 0.2) is 5.65 Å². The Bertz CT molecular complexity index is 677. The van der Waals surface area contributed by atoms with E-state index in [1.54, 1.807) is 13.3 Å². The number of rotatable bonds is 4. The monoisotopic (exact) mass is 242 g/mol. The van der Waals surface area contributed by atoms with Gasteiger partial charge in [-0.25, -0.2) is 9.50 Å². The molecule has 0 aliphatic heterocycles. The number of anilines is 1. The van der Waals surface area contributed by atoms with Crippen LogP contribution in [0.4, 0.5) is 5.82 Å². The van der Waals surface area contributed by atoms with Crippen LogP contribution in [0.1, 0.15) is 0 Å². The zero-order chi connectivity index (χ0) is 12.4. The van der Waals surface area contributed by atoms with Gasteiger partial charge < -0.3 is 10.1 Å². The molecule has 0 saturated carbocycles. The van der Waals surface area contributed by atoms with Crippen LogP contribution in [0.5, 0.6) is 0 Å². The minimum Gasteiger partial charge on any atom is -0.383 e. The Morgan fingerprint density at radius 3 is 3.06 bits per heavy atom. The lowest BCUT2D eigenvalue weighted by Gasteiger charge is -2.09. The van der Waals surface area contributed by atoms with E-state index in [0.717, 1.165) is 28.9 Å². The van der Waals surface area contributed by atoms with Crippen LogP contribution >= 0.6 is 0 Å². The lowest BCUT2D eigenvalue weighted by Crippen LogP contribution is -2.10. The van der Waals surface area contributed by atoms with E-state index >= 15 is 0 Å². The van der Waals surface area contributed by atoms with Gasteiger partial charge in [0.1, 0.15) is 5.82 Å². The summed E-state index contributed by atoms with van der Waals surface area (Å²) in [5.41, 5.74) is 1.89. The normalized spacial score (nSPS) is 11.2. The zero-order valence-corrected chi connectivity index (χ0v) is 10.1. The van der Waals surface area contributed by atoms with E-state index in [1.165, 1.54) is 0 Å². The van der Waals surface area contributed by atoms with E-state index in [-0.39, 0.29) is 0 Å². The van der Waals surface area contributed by atoms with Crippen molar-refractivity contribution in [2.75, 3.05) is 25.6 Å². The summed E-state index contributed by atoms with van der Waals surface area (Å²) >= 11 is 0. The zero-order valence-electron chi connectivity index (χ0n) is 10.1. The maximum Gasteiger partial charge on any atom is 0.158 e. The molecule has 0 atom stereocenters. The van der Waals surface area contributed by atoms with Crippen LogP contribution in [0.3, 0.4) is 0 Å². The molecule has 0 aliphatic rings. The van der Waals surface area contributed by atoms with Gasteiger partial charge in [0, 0.05) is 25.1 Å². The Hall–Kier alpha value is -2.14. The number of hydrogen-bond acceptors (Lipinski definition) is 4. The average Bonchev–Trinajstić information content (AvgIpc) is 2.87. The van der Waals surface area contributed by atoms with Crippen molar-refractivity contribution in [3.8, 4) is 0 Å². The fourth-order valence-corrected chi connectivity index (χ4v) is 2.01. The first-order valence-electron chi connectivity index (χ1n) is 5.85. The molecule has 0 spiro atoms. The van der Waals surface area contributed by atoms with Crippen molar-refractivity contribution in [2.24, 2.45) is 0 Å². The standard InChI is InChI=1S/C13H14N4O/c1-18-9-8-14-13-10-4-2-3-5-11(10)17-12(16-13)6-7-15-17/h2-7H,8-9H2,1H3,(H,14,16). The fraction of sp³-hybridized carbons (Fsp3) is 0.231. The lowest BCUT2D eigenvalue weighted by molar-refractivity contribution is 0.210. The summed E-state index contributed by atoms with van der Waals surface area (Å²) in [6.45, 7) is 1.39. The first kappa shape index (κ1) is 11.0. The largest absolute Gasteiger partial charge is 0.383 e. The van der Waals surface area contributed by atoms with E-state index in [4.69, 9.17) is 4.74 Å². The first-order chi connectivity index (χ1) is 8.90. The summed E-state index contributed by atoms with van der Waals surface area (Å²) in [6, 6.07) is 9.98. The van der Waals surface area contributed by atoms with Crippen molar-refractivity contribution in [1.82, 2.24) is 14.6 Å². The summed E-state index contributed by atoms with van der Waals surface area (Å²) < 4.78 is 6.88. The van der Waals surface area contributed by atoms with Crippen molar-refractivity contribution in [3.05, 3.63) is 36.5 Å². The molecule has 92 valence electrons. The number of nitrogens with zero attached hydrogens (tertiary/aromatic N) is 3. The Morgan fingerprint density at radius 1 is 1.28 bits per heavy atom. The van der Waals surface area contributed by atoms with Gasteiger partial charge in [0.05, 0.1) is 18.3 Å². The molecule has 1 N–H and O–H groups in total. The van der Waals surface area contributed by atoms with Gasteiger partial charge in [-0.05, 0) is 12.1 Å². The quantitative estimate of drug-likeness (QED) is 0.710. The van der Waals surface area contributed by atoms with Gasteiger partial charge in [-0.15, -0.1) is 0 Å². The SMILES string of the molecule is COCCNc1nc2ccnn2c2ccccc12. The number of methoxy groups -OCH3 is 1. The van der Waals surface area contributed by atoms with Crippen molar-refractivity contribution in [1.29, 1.82) is 0 Å². The molecule has 0 radical (unpaired) electrons. The highest BCUT2D eigenvalue weighted by Gasteiger charge is 2.07. The Morgan fingerprint density at radius 2 is 2.17 bits per heavy atom. The molecule has 0 saturated heterocycles. The van der Waals surface area contributed by atoms with Gasteiger partial charge >= 0.3 is 0 Å². The Labute approximate surface area is 104 Å². The maximum atomic E-state index is 5.04. The third kappa shape index (κ3) is 1.78. The van der Waals surface area contributed by atoms with Gasteiger partial charge in [-0.2, -0.15) is 5.10 Å². The number of fused-ring (bicyclic) bond motifs is 3. The van der Waals surface area contributed by atoms with Crippen molar-refractivity contribution in [3.63, 3.8) is 0 Å². The van der Waals surface area contributed by atoms with E-state index < -0.39 is 0 Å². The Balaban J connectivity index is 2.14. The van der Waals surface area contributed by atoms with Crippen LogP contribution in [0.25, 0.3) is 16.6 Å². The van der Waals surface area contributed by atoms with Gasteiger partial charge in [-0.3, -0.25) is 0 Å². The average molecular weight is 242 g/mol. The van der Waals surface area contributed by atoms with Crippen LogP contribution in [0.2, 0.25) is 0 Å². The molecule has 1 aromatic carbocycles. The van der Waals surface area contributed by atoms with Gasteiger partial charge in [-0.1, -0.05) is 12.1 Å². The van der Waals surface area contributed by atoms with Crippen LogP contribution in [-0.2, 0) is 4.74 Å². The van der Waals surface area contributed by atoms with E-state index in [0.29, 0.717) is 6.61 Å². The van der Waals surface area contributed by atoms with Gasteiger partial charge in [0.25, 0.3) is 0 Å². The van der Waals surface area contributed by atoms with E-state index in [2.05, 4.69) is 15.4 Å². The second-order valence-electron chi connectivity index (χ2n) is 4.00. The number of hydrogen-bond donors (Lipinski definition) is 1. The highest BCUT2D eigenvalue weighted by molar-refractivity contribution is 5.91. The van der Waals surface area contributed by atoms with Crippen molar-refractivity contribution >= 4 is 22.4 Å². The number of aromatic nitrogens is 3. The molecular weight excluding hydrogens is 228 g/mol. The second kappa shape index (κ2) is 4.62. The van der Waals surface area contributed by atoms with Crippen LogP contribution in [0.15, 0.2) is 36.5 Å². The highest BCUT2D eigenvalue weighted by Crippen LogP contribution is 2.22. The molecule has 0 unspecified atom stereocenters. The molecule has 0 aliphatic carbocycles. The molecule has 18 heavy (non-hydrogen) atoms. The molecule has 3 aromatic rings. The Kier molecular flexibility index (Phi) is 2.82. The van der Waals surface area contributed by atoms with Gasteiger partial charge in [0.2, 0.25) is 0 Å². The minimum atomic E-state index is 0.653. The lowest BCUT2D eigenvalue weighted by atomic mass is 10.2. The summed E-state index contributed by atoms with van der Waals surface area (Å²) in [4.78, 5) is 4.57. The van der Waals surface area contributed by atoms with Crippen molar-refractivity contribution in [2.45, 2.75) is 0 Å². The van der Waals surface area contributed by atoms with Crippen LogP contribution < -0.4 is 5.32 Å². The molecule has 0 bridgehead atoms. The molecule has 2 aromatic heterocycles. The molecule has 3 rings (SSSR count). The van der Waals surface area contributed by atoms with Crippen molar-refractivity contribution < 1.29 is 4.74 Å². The minimum absolute atomic E-state index is 0.653. The predicted molar refractivity (Wildman–Crippen MR) is 70.9 cm³/mol. The number of benzene rings is 1. The number of para-hydroxylation sites is 1. The predicted octanol–water partition coefficient (Wildman–Crippen LogP) is 1.94. The van der Waals surface area contributed by atoms with E-state index in [1.807, 2.05) is 34.8 Å². The smallest absolute Gasteiger partial charge is 0.158 e. The van der Waals surface area contributed by atoms with Crippen LogP contribution in [0, 0.1) is 0 Å². The number of nitrogens with one attached hydrogen (secondary N) is 1. The molecule has 5 nitrogen and oxygen atoms in total. The third-order valence-electron chi connectivity index (χ3n) is 2.84. The molecule has 2 heterocycles. The second-order valence-corrected chi connectivity index (χ2v) is 4.00. The fourth-order valence-electron chi connectivity index (χ4n) is 2.01. The summed E-state index contributed by atoms with van der Waals surface area (Å²) in [5, 5.41) is 8.64. The van der Waals surface area contributed by atoms with E-state index in [9.17, 15) is 0 Å². The topological polar surface area (TPSA) is 51.5 Å². The molecule has 0 amide bonds. The summed E-state index contributed by atoms with van der Waals surface area (Å²) in [6.07, 6.45) is 1.76. The molecule has 0 fully saturated rings.